The summed E-state index contributed by atoms with van der Waals surface area (Å²) in [4.78, 5) is 4.00. The smallest absolute Gasteiger partial charge is 0.0537 e. The molecule has 0 spiro atoms. The number of hydrogen-bond donors (Lipinski definition) is 1. The predicted molar refractivity (Wildman–Crippen MR) is 67.4 cm³/mol. The molecule has 0 aromatic carbocycles. The molecule has 0 aliphatic rings. The van der Waals surface area contributed by atoms with Crippen molar-refractivity contribution in [3.05, 3.63) is 48.0 Å². The van der Waals surface area contributed by atoms with Crippen LogP contribution in [0.1, 0.15) is 30.5 Å². The molecule has 2 heterocycles. The molecule has 0 aliphatic heterocycles. The van der Waals surface area contributed by atoms with Gasteiger partial charge in [-0.25, -0.2) is 0 Å². The molecule has 0 saturated heterocycles. The summed E-state index contributed by atoms with van der Waals surface area (Å²) in [7, 11) is 0. The van der Waals surface area contributed by atoms with Crippen LogP contribution in [0.3, 0.4) is 0 Å². The van der Waals surface area contributed by atoms with Crippen molar-refractivity contribution in [1.29, 1.82) is 0 Å². The maximum Gasteiger partial charge on any atom is 0.0537 e. The van der Waals surface area contributed by atoms with Crippen molar-refractivity contribution in [1.82, 2.24) is 14.8 Å². The van der Waals surface area contributed by atoms with Gasteiger partial charge in [0.05, 0.1) is 6.20 Å². The summed E-state index contributed by atoms with van der Waals surface area (Å²) in [5.74, 6) is 0. The summed E-state index contributed by atoms with van der Waals surface area (Å²) < 4.78 is 1.90. The number of nitrogens with two attached hydrogens (primary N) is 1. The van der Waals surface area contributed by atoms with E-state index >= 15 is 0 Å². The van der Waals surface area contributed by atoms with E-state index in [0.717, 1.165) is 24.9 Å². The molecule has 2 aromatic rings. The van der Waals surface area contributed by atoms with E-state index in [2.05, 4.69) is 17.0 Å². The third-order valence-corrected chi connectivity index (χ3v) is 2.90. The van der Waals surface area contributed by atoms with Gasteiger partial charge in [-0.1, -0.05) is 0 Å². The average molecular weight is 230 g/mol. The first-order chi connectivity index (χ1) is 8.29. The number of aromatic nitrogens is 3. The second kappa shape index (κ2) is 5.59. The van der Waals surface area contributed by atoms with Gasteiger partial charge < -0.3 is 5.73 Å². The fourth-order valence-electron chi connectivity index (χ4n) is 1.78. The number of pyridine rings is 1. The molecule has 0 saturated carbocycles. The van der Waals surface area contributed by atoms with E-state index in [1.54, 1.807) is 0 Å². The van der Waals surface area contributed by atoms with Gasteiger partial charge in [0.25, 0.3) is 0 Å². The molecular weight excluding hydrogens is 212 g/mol. The zero-order valence-corrected chi connectivity index (χ0v) is 10.1. The Morgan fingerprint density at radius 1 is 1.35 bits per heavy atom. The van der Waals surface area contributed by atoms with Gasteiger partial charge in [0.1, 0.15) is 0 Å². The molecule has 0 fully saturated rings. The molecule has 2 rings (SSSR count). The molecule has 2 N–H and O–H groups in total. The molecule has 1 unspecified atom stereocenters. The van der Waals surface area contributed by atoms with E-state index in [0.29, 0.717) is 0 Å². The molecule has 0 bridgehead atoms. The maximum absolute atomic E-state index is 6.14. The van der Waals surface area contributed by atoms with Crippen molar-refractivity contribution in [3.63, 3.8) is 0 Å². The van der Waals surface area contributed by atoms with Crippen LogP contribution in [0.15, 0.2) is 36.9 Å². The molecule has 2 aromatic heterocycles. The summed E-state index contributed by atoms with van der Waals surface area (Å²) >= 11 is 0. The van der Waals surface area contributed by atoms with Crippen LogP contribution in [-0.4, -0.2) is 14.8 Å². The van der Waals surface area contributed by atoms with Crippen LogP contribution in [0.4, 0.5) is 0 Å². The first-order valence-electron chi connectivity index (χ1n) is 5.96. The Hall–Kier alpha value is -1.68. The number of hydrogen-bond acceptors (Lipinski definition) is 3. The van der Waals surface area contributed by atoms with Crippen molar-refractivity contribution >= 4 is 0 Å². The van der Waals surface area contributed by atoms with Crippen molar-refractivity contribution in [2.24, 2.45) is 5.73 Å². The highest BCUT2D eigenvalue weighted by molar-refractivity contribution is 5.13. The van der Waals surface area contributed by atoms with Gasteiger partial charge in [0.15, 0.2) is 0 Å². The first kappa shape index (κ1) is 11.8. The van der Waals surface area contributed by atoms with Crippen molar-refractivity contribution in [2.75, 3.05) is 0 Å². The maximum atomic E-state index is 6.14. The Kier molecular flexibility index (Phi) is 3.88. The monoisotopic (exact) mass is 230 g/mol. The fourth-order valence-corrected chi connectivity index (χ4v) is 1.78. The van der Waals surface area contributed by atoms with E-state index in [1.165, 1.54) is 5.56 Å². The summed E-state index contributed by atoms with van der Waals surface area (Å²) in [5.41, 5.74) is 8.53. The Labute approximate surface area is 101 Å². The van der Waals surface area contributed by atoms with Crippen molar-refractivity contribution in [2.45, 2.75) is 32.4 Å². The average Bonchev–Trinajstić information content (AvgIpc) is 2.86. The zero-order chi connectivity index (χ0) is 12.1. The van der Waals surface area contributed by atoms with Gasteiger partial charge in [-0.2, -0.15) is 5.10 Å². The minimum absolute atomic E-state index is 0.0588. The normalized spacial score (nSPS) is 12.6. The zero-order valence-electron chi connectivity index (χ0n) is 10.1. The number of nitrogens with zero attached hydrogens (tertiary/aromatic N) is 3. The lowest BCUT2D eigenvalue weighted by atomic mass is 10.0. The molecule has 17 heavy (non-hydrogen) atoms. The van der Waals surface area contributed by atoms with Gasteiger partial charge >= 0.3 is 0 Å². The van der Waals surface area contributed by atoms with Crippen LogP contribution in [-0.2, 0) is 13.0 Å². The molecule has 0 amide bonds. The quantitative estimate of drug-likeness (QED) is 0.854. The highest BCUT2D eigenvalue weighted by Crippen LogP contribution is 2.15. The Morgan fingerprint density at radius 2 is 2.12 bits per heavy atom. The number of aryl methyl sites for hydroxylation is 2. The van der Waals surface area contributed by atoms with Gasteiger partial charge in [-0.05, 0) is 37.5 Å². The Balaban J connectivity index is 1.91. The second-order valence-corrected chi connectivity index (χ2v) is 4.13. The molecule has 0 radical (unpaired) electrons. The van der Waals surface area contributed by atoms with Gasteiger partial charge in [-0.15, -0.1) is 0 Å². The van der Waals surface area contributed by atoms with Crippen LogP contribution < -0.4 is 5.73 Å². The summed E-state index contributed by atoms with van der Waals surface area (Å²) in [6.07, 6.45) is 9.42. The predicted octanol–water partition coefficient (Wildman–Crippen LogP) is 1.93. The lowest BCUT2D eigenvalue weighted by molar-refractivity contribution is 0.640. The lowest BCUT2D eigenvalue weighted by Gasteiger charge is -2.08. The van der Waals surface area contributed by atoms with Crippen molar-refractivity contribution < 1.29 is 0 Å². The van der Waals surface area contributed by atoms with Crippen LogP contribution in [0, 0.1) is 0 Å². The third kappa shape index (κ3) is 3.14. The minimum atomic E-state index is 0.0588. The number of rotatable bonds is 5. The van der Waals surface area contributed by atoms with Crippen LogP contribution in [0.25, 0.3) is 0 Å². The van der Waals surface area contributed by atoms with Gasteiger partial charge in [-0.3, -0.25) is 9.67 Å². The second-order valence-electron chi connectivity index (χ2n) is 4.13. The molecular formula is C13H18N4. The van der Waals surface area contributed by atoms with Crippen molar-refractivity contribution in [3.8, 4) is 0 Å². The third-order valence-electron chi connectivity index (χ3n) is 2.90. The first-order valence-corrected chi connectivity index (χ1v) is 5.96. The summed E-state index contributed by atoms with van der Waals surface area (Å²) in [6, 6.07) is 4.12. The largest absolute Gasteiger partial charge is 0.324 e. The molecule has 0 aliphatic carbocycles. The van der Waals surface area contributed by atoms with Crippen LogP contribution >= 0.6 is 0 Å². The summed E-state index contributed by atoms with van der Waals surface area (Å²) in [6.45, 7) is 2.95. The lowest BCUT2D eigenvalue weighted by Crippen LogP contribution is -2.10. The fraction of sp³-hybridized carbons (Fsp3) is 0.385. The van der Waals surface area contributed by atoms with Gasteiger partial charge in [0.2, 0.25) is 0 Å². The van der Waals surface area contributed by atoms with E-state index in [4.69, 9.17) is 5.73 Å². The van der Waals surface area contributed by atoms with E-state index in [9.17, 15) is 0 Å². The summed E-state index contributed by atoms with van der Waals surface area (Å²) in [5, 5.41) is 4.24. The van der Waals surface area contributed by atoms with E-state index < -0.39 is 0 Å². The minimum Gasteiger partial charge on any atom is -0.324 e. The van der Waals surface area contributed by atoms with Crippen LogP contribution in [0.5, 0.6) is 0 Å². The van der Waals surface area contributed by atoms with Crippen LogP contribution in [0.2, 0.25) is 0 Å². The topological polar surface area (TPSA) is 56.7 Å². The standard InChI is InChI=1S/C13H18N4/c1-2-17-10-12(9-16-17)13(14)4-3-11-5-7-15-8-6-11/h5-10,13H,2-4,14H2,1H3. The molecule has 1 atom stereocenters. The van der Waals surface area contributed by atoms with E-state index in [-0.39, 0.29) is 6.04 Å². The Bertz CT molecular complexity index is 449. The molecule has 4 nitrogen and oxygen atoms in total. The highest BCUT2D eigenvalue weighted by atomic mass is 15.3. The molecule has 4 heteroatoms. The molecule has 90 valence electrons. The SMILES string of the molecule is CCn1cc(C(N)CCc2ccncc2)cn1. The Morgan fingerprint density at radius 3 is 2.76 bits per heavy atom. The van der Waals surface area contributed by atoms with Gasteiger partial charge in [0, 0.05) is 36.7 Å². The highest BCUT2D eigenvalue weighted by Gasteiger charge is 2.08. The van der Waals surface area contributed by atoms with E-state index in [1.807, 2.05) is 41.6 Å².